The molecule has 3 heteroatoms. The van der Waals surface area contributed by atoms with Gasteiger partial charge in [0.05, 0.1) is 0 Å². The molecule has 1 amide bonds. The highest BCUT2D eigenvalue weighted by atomic mass is 16.1. The van der Waals surface area contributed by atoms with Crippen LogP contribution in [0.2, 0.25) is 0 Å². The monoisotopic (exact) mass is 244 g/mol. The van der Waals surface area contributed by atoms with Crippen LogP contribution in [-0.2, 0) is 4.79 Å². The Hall–Kier alpha value is -1.61. The molecule has 1 saturated heterocycles. The Labute approximate surface area is 108 Å². The van der Waals surface area contributed by atoms with E-state index in [0.29, 0.717) is 0 Å². The summed E-state index contributed by atoms with van der Waals surface area (Å²) in [6.07, 6.45) is 6.02. The van der Waals surface area contributed by atoms with Gasteiger partial charge < -0.3 is 10.2 Å². The fourth-order valence-electron chi connectivity index (χ4n) is 2.14. The molecule has 1 fully saturated rings. The molecule has 1 aromatic carbocycles. The average Bonchev–Trinajstić information content (AvgIpc) is 2.91. The zero-order valence-corrected chi connectivity index (χ0v) is 10.6. The molecule has 0 atom stereocenters. The van der Waals surface area contributed by atoms with Crippen molar-refractivity contribution in [1.82, 2.24) is 10.2 Å². The first-order valence-corrected chi connectivity index (χ1v) is 6.58. The lowest BCUT2D eigenvalue weighted by atomic mass is 10.2. The highest BCUT2D eigenvalue weighted by Crippen LogP contribution is 2.05. The fourth-order valence-corrected chi connectivity index (χ4v) is 2.14. The minimum Gasteiger partial charge on any atom is -0.351 e. The van der Waals surface area contributed by atoms with Crippen LogP contribution in [0.25, 0.3) is 6.08 Å². The molecule has 0 saturated carbocycles. The van der Waals surface area contributed by atoms with Crippen LogP contribution in [0.1, 0.15) is 18.4 Å². The van der Waals surface area contributed by atoms with E-state index in [4.69, 9.17) is 0 Å². The van der Waals surface area contributed by atoms with Crippen LogP contribution in [0, 0.1) is 0 Å². The minimum atomic E-state index is -0.0157. The zero-order chi connectivity index (χ0) is 12.6. The lowest BCUT2D eigenvalue weighted by Gasteiger charge is -2.13. The van der Waals surface area contributed by atoms with Crippen LogP contribution in [0.4, 0.5) is 0 Å². The molecular formula is C15H20N2O. The van der Waals surface area contributed by atoms with Gasteiger partial charge in [-0.1, -0.05) is 30.3 Å². The summed E-state index contributed by atoms with van der Waals surface area (Å²) >= 11 is 0. The normalized spacial score (nSPS) is 16.2. The Balaban J connectivity index is 1.67. The summed E-state index contributed by atoms with van der Waals surface area (Å²) in [5.41, 5.74) is 1.05. The first-order chi connectivity index (χ1) is 8.84. The van der Waals surface area contributed by atoms with Crippen LogP contribution in [0.3, 0.4) is 0 Å². The SMILES string of the molecule is O=C(C=Cc1ccccc1)NCCN1CCCC1. The second-order valence-electron chi connectivity index (χ2n) is 4.58. The second-order valence-corrected chi connectivity index (χ2v) is 4.58. The summed E-state index contributed by atoms with van der Waals surface area (Å²) in [6.45, 7) is 4.05. The van der Waals surface area contributed by atoms with Crippen LogP contribution in [0.5, 0.6) is 0 Å². The molecule has 0 spiro atoms. The number of benzene rings is 1. The number of hydrogen-bond donors (Lipinski definition) is 1. The van der Waals surface area contributed by atoms with E-state index >= 15 is 0 Å². The molecule has 96 valence electrons. The maximum Gasteiger partial charge on any atom is 0.244 e. The molecule has 2 rings (SSSR count). The van der Waals surface area contributed by atoms with Crippen LogP contribution >= 0.6 is 0 Å². The predicted molar refractivity (Wildman–Crippen MR) is 74.2 cm³/mol. The van der Waals surface area contributed by atoms with E-state index in [1.807, 2.05) is 36.4 Å². The minimum absolute atomic E-state index is 0.0157. The molecule has 0 unspecified atom stereocenters. The van der Waals surface area contributed by atoms with Crippen molar-refractivity contribution in [1.29, 1.82) is 0 Å². The predicted octanol–water partition coefficient (Wildman–Crippen LogP) is 1.91. The number of carbonyl (C=O) groups is 1. The van der Waals surface area contributed by atoms with Gasteiger partial charge in [0, 0.05) is 19.2 Å². The van der Waals surface area contributed by atoms with Gasteiger partial charge in [-0.25, -0.2) is 0 Å². The molecule has 0 aromatic heterocycles. The zero-order valence-electron chi connectivity index (χ0n) is 10.6. The number of amides is 1. The van der Waals surface area contributed by atoms with Crippen molar-refractivity contribution in [3.05, 3.63) is 42.0 Å². The maximum absolute atomic E-state index is 11.6. The van der Waals surface area contributed by atoms with Crippen molar-refractivity contribution in [3.63, 3.8) is 0 Å². The maximum atomic E-state index is 11.6. The van der Waals surface area contributed by atoms with E-state index in [2.05, 4.69) is 10.2 Å². The average molecular weight is 244 g/mol. The van der Waals surface area contributed by atoms with E-state index in [9.17, 15) is 4.79 Å². The van der Waals surface area contributed by atoms with E-state index in [-0.39, 0.29) is 5.91 Å². The molecule has 1 heterocycles. The topological polar surface area (TPSA) is 32.3 Å². The van der Waals surface area contributed by atoms with Crippen LogP contribution < -0.4 is 5.32 Å². The lowest BCUT2D eigenvalue weighted by Crippen LogP contribution is -2.32. The number of nitrogens with one attached hydrogen (secondary N) is 1. The van der Waals surface area contributed by atoms with Gasteiger partial charge in [-0.3, -0.25) is 4.79 Å². The molecule has 3 nitrogen and oxygen atoms in total. The van der Waals surface area contributed by atoms with Gasteiger partial charge in [-0.2, -0.15) is 0 Å². The molecule has 18 heavy (non-hydrogen) atoms. The van der Waals surface area contributed by atoms with Crippen LogP contribution in [0.15, 0.2) is 36.4 Å². The summed E-state index contributed by atoms with van der Waals surface area (Å²) in [5.74, 6) is -0.0157. The van der Waals surface area contributed by atoms with Crippen molar-refractivity contribution in [2.45, 2.75) is 12.8 Å². The number of hydrogen-bond acceptors (Lipinski definition) is 2. The summed E-state index contributed by atoms with van der Waals surface area (Å²) in [4.78, 5) is 14.0. The molecule has 1 N–H and O–H groups in total. The van der Waals surface area contributed by atoms with Crippen molar-refractivity contribution >= 4 is 12.0 Å². The molecule has 1 aliphatic rings. The highest BCUT2D eigenvalue weighted by molar-refractivity contribution is 5.91. The van der Waals surface area contributed by atoms with Gasteiger partial charge in [0.2, 0.25) is 5.91 Å². The summed E-state index contributed by atoms with van der Waals surface area (Å²) in [5, 5.41) is 2.91. The van der Waals surface area contributed by atoms with E-state index in [1.54, 1.807) is 6.08 Å². The van der Waals surface area contributed by atoms with Gasteiger partial charge in [-0.15, -0.1) is 0 Å². The molecule has 1 aliphatic heterocycles. The number of nitrogens with zero attached hydrogens (tertiary/aromatic N) is 1. The van der Waals surface area contributed by atoms with Crippen molar-refractivity contribution in [2.75, 3.05) is 26.2 Å². The number of rotatable bonds is 5. The first-order valence-electron chi connectivity index (χ1n) is 6.58. The van der Waals surface area contributed by atoms with E-state index in [0.717, 1.165) is 18.7 Å². The Morgan fingerprint density at radius 3 is 2.67 bits per heavy atom. The molecule has 0 aliphatic carbocycles. The molecule has 1 aromatic rings. The van der Waals surface area contributed by atoms with Gasteiger partial charge in [-0.05, 0) is 37.6 Å². The third kappa shape index (κ3) is 4.34. The quantitative estimate of drug-likeness (QED) is 0.802. The van der Waals surface area contributed by atoms with Crippen LogP contribution in [-0.4, -0.2) is 37.0 Å². The molecular weight excluding hydrogens is 224 g/mol. The van der Waals surface area contributed by atoms with Crippen molar-refractivity contribution < 1.29 is 4.79 Å². The van der Waals surface area contributed by atoms with E-state index < -0.39 is 0 Å². The van der Waals surface area contributed by atoms with Gasteiger partial charge in [0.1, 0.15) is 0 Å². The summed E-state index contributed by atoms with van der Waals surface area (Å²) < 4.78 is 0. The van der Waals surface area contributed by atoms with Crippen molar-refractivity contribution in [3.8, 4) is 0 Å². The summed E-state index contributed by atoms with van der Waals surface area (Å²) in [7, 11) is 0. The number of likely N-dealkylation sites (tertiary alicyclic amines) is 1. The molecule has 0 radical (unpaired) electrons. The Kier molecular flexibility index (Phi) is 4.97. The largest absolute Gasteiger partial charge is 0.351 e. The Morgan fingerprint density at radius 1 is 1.22 bits per heavy atom. The third-order valence-electron chi connectivity index (χ3n) is 3.15. The smallest absolute Gasteiger partial charge is 0.244 e. The van der Waals surface area contributed by atoms with E-state index in [1.165, 1.54) is 25.9 Å². The van der Waals surface area contributed by atoms with Crippen molar-refractivity contribution in [2.24, 2.45) is 0 Å². The fraction of sp³-hybridized carbons (Fsp3) is 0.400. The third-order valence-corrected chi connectivity index (χ3v) is 3.15. The Bertz CT molecular complexity index is 394. The van der Waals surface area contributed by atoms with Gasteiger partial charge in [0.15, 0.2) is 0 Å². The number of carbonyl (C=O) groups excluding carboxylic acids is 1. The highest BCUT2D eigenvalue weighted by Gasteiger charge is 2.10. The van der Waals surface area contributed by atoms with Gasteiger partial charge in [0.25, 0.3) is 0 Å². The second kappa shape index (κ2) is 6.97. The molecule has 0 bridgehead atoms. The first kappa shape index (κ1) is 12.8. The standard InChI is InChI=1S/C15H20N2O/c18-15(9-8-14-6-2-1-3-7-14)16-10-13-17-11-4-5-12-17/h1-3,6-9H,4-5,10-13H2,(H,16,18). The van der Waals surface area contributed by atoms with Gasteiger partial charge >= 0.3 is 0 Å². The Morgan fingerprint density at radius 2 is 1.94 bits per heavy atom. The summed E-state index contributed by atoms with van der Waals surface area (Å²) in [6, 6.07) is 9.85. The lowest BCUT2D eigenvalue weighted by molar-refractivity contribution is -0.116.